The van der Waals surface area contributed by atoms with E-state index in [-0.39, 0.29) is 5.95 Å². The maximum atomic E-state index is 5.74. The molecule has 1 aliphatic rings. The van der Waals surface area contributed by atoms with E-state index in [4.69, 9.17) is 5.73 Å². The van der Waals surface area contributed by atoms with Gasteiger partial charge in [0.1, 0.15) is 6.33 Å². The molecule has 3 rings (SSSR count). The first-order chi connectivity index (χ1) is 9.70. The van der Waals surface area contributed by atoms with Crippen molar-refractivity contribution in [3.8, 4) is 5.95 Å². The van der Waals surface area contributed by atoms with Crippen LogP contribution in [-0.2, 0) is 0 Å². The van der Waals surface area contributed by atoms with E-state index in [0.717, 1.165) is 12.5 Å². The second-order valence-corrected chi connectivity index (χ2v) is 5.45. The van der Waals surface area contributed by atoms with Gasteiger partial charge in [0.05, 0.1) is 0 Å². The van der Waals surface area contributed by atoms with E-state index in [2.05, 4.69) is 32.2 Å². The molecule has 2 aromatic heterocycles. The fourth-order valence-electron chi connectivity index (χ4n) is 2.70. The van der Waals surface area contributed by atoms with Gasteiger partial charge in [0.2, 0.25) is 17.8 Å². The zero-order valence-corrected chi connectivity index (χ0v) is 11.5. The van der Waals surface area contributed by atoms with Gasteiger partial charge < -0.3 is 11.1 Å². The molecule has 106 valence electrons. The molecule has 1 aliphatic carbocycles. The molecule has 2 aromatic rings. The number of rotatable bonds is 4. The number of nitrogens with one attached hydrogen (secondary N) is 1. The van der Waals surface area contributed by atoms with Gasteiger partial charge in [-0.2, -0.15) is 15.0 Å². The lowest BCUT2D eigenvalue weighted by atomic mass is 10.1. The Hall–Kier alpha value is -2.18. The number of nitrogen functional groups attached to an aromatic ring is 1. The minimum absolute atomic E-state index is 0.214. The van der Waals surface area contributed by atoms with Gasteiger partial charge in [0.15, 0.2) is 0 Å². The first-order valence-electron chi connectivity index (χ1n) is 6.94. The Labute approximate surface area is 117 Å². The second kappa shape index (κ2) is 5.44. The summed E-state index contributed by atoms with van der Waals surface area (Å²) in [5.41, 5.74) is 5.74. The Morgan fingerprint density at radius 2 is 2.25 bits per heavy atom. The van der Waals surface area contributed by atoms with Crippen molar-refractivity contribution in [2.75, 3.05) is 17.6 Å². The molecular formula is C13H19N7. The summed E-state index contributed by atoms with van der Waals surface area (Å²) in [6.45, 7) is 3.19. The molecule has 2 atom stereocenters. The molecule has 0 spiro atoms. The Kier molecular flexibility index (Phi) is 3.49. The van der Waals surface area contributed by atoms with Gasteiger partial charge in [-0.1, -0.05) is 13.3 Å². The minimum Gasteiger partial charge on any atom is -0.368 e. The summed E-state index contributed by atoms with van der Waals surface area (Å²) < 4.78 is 1.71. The van der Waals surface area contributed by atoms with Crippen LogP contribution < -0.4 is 11.1 Å². The smallest absolute Gasteiger partial charge is 0.241 e. The minimum atomic E-state index is 0.214. The lowest BCUT2D eigenvalue weighted by molar-refractivity contribution is 0.535. The predicted molar refractivity (Wildman–Crippen MR) is 76.4 cm³/mol. The van der Waals surface area contributed by atoms with E-state index in [0.29, 0.717) is 17.8 Å². The predicted octanol–water partition coefficient (Wildman–Crippen LogP) is 1.49. The van der Waals surface area contributed by atoms with Gasteiger partial charge >= 0.3 is 0 Å². The van der Waals surface area contributed by atoms with Crippen LogP contribution in [-0.4, -0.2) is 31.0 Å². The van der Waals surface area contributed by atoms with Gasteiger partial charge in [-0.05, 0) is 24.7 Å². The molecule has 2 heterocycles. The van der Waals surface area contributed by atoms with Crippen LogP contribution in [0.3, 0.4) is 0 Å². The van der Waals surface area contributed by atoms with Crippen molar-refractivity contribution in [2.24, 2.45) is 11.8 Å². The van der Waals surface area contributed by atoms with E-state index >= 15 is 0 Å². The summed E-state index contributed by atoms with van der Waals surface area (Å²) in [4.78, 5) is 16.6. The molecule has 3 N–H and O–H groups in total. The number of aromatic nitrogens is 5. The molecule has 1 fully saturated rings. The largest absolute Gasteiger partial charge is 0.368 e. The highest BCUT2D eigenvalue weighted by Gasteiger charge is 2.21. The molecule has 1 saturated carbocycles. The topological polar surface area (TPSA) is 94.5 Å². The number of nitrogens with zero attached hydrogens (tertiary/aromatic N) is 5. The third kappa shape index (κ3) is 2.87. The van der Waals surface area contributed by atoms with Crippen molar-refractivity contribution in [3.63, 3.8) is 0 Å². The fraction of sp³-hybridized carbons (Fsp3) is 0.538. The Bertz CT molecular complexity index is 566. The Balaban J connectivity index is 1.70. The monoisotopic (exact) mass is 273 g/mol. The van der Waals surface area contributed by atoms with Crippen molar-refractivity contribution >= 4 is 11.9 Å². The van der Waals surface area contributed by atoms with Gasteiger partial charge in [-0.15, -0.1) is 0 Å². The fourth-order valence-corrected chi connectivity index (χ4v) is 2.70. The van der Waals surface area contributed by atoms with Crippen LogP contribution in [0.2, 0.25) is 0 Å². The first kappa shape index (κ1) is 12.8. The average molecular weight is 273 g/mol. The third-order valence-electron chi connectivity index (χ3n) is 3.73. The summed E-state index contributed by atoms with van der Waals surface area (Å²) in [6, 6.07) is 0. The van der Waals surface area contributed by atoms with Crippen molar-refractivity contribution in [1.29, 1.82) is 0 Å². The molecule has 0 aromatic carbocycles. The molecule has 7 nitrogen and oxygen atoms in total. The Morgan fingerprint density at radius 1 is 1.35 bits per heavy atom. The first-order valence-corrected chi connectivity index (χ1v) is 6.94. The van der Waals surface area contributed by atoms with Crippen molar-refractivity contribution in [2.45, 2.75) is 26.2 Å². The molecule has 0 bridgehead atoms. The van der Waals surface area contributed by atoms with Crippen molar-refractivity contribution in [1.82, 2.24) is 24.5 Å². The van der Waals surface area contributed by atoms with Crippen LogP contribution in [0.1, 0.15) is 26.2 Å². The maximum Gasteiger partial charge on any atom is 0.241 e. The molecule has 7 heteroatoms. The summed E-state index contributed by atoms with van der Waals surface area (Å²) in [6.07, 6.45) is 8.93. The Morgan fingerprint density at radius 3 is 2.95 bits per heavy atom. The van der Waals surface area contributed by atoms with E-state index in [1.165, 1.54) is 19.3 Å². The van der Waals surface area contributed by atoms with E-state index in [9.17, 15) is 0 Å². The summed E-state index contributed by atoms with van der Waals surface area (Å²) >= 11 is 0. The third-order valence-corrected chi connectivity index (χ3v) is 3.73. The zero-order valence-electron chi connectivity index (χ0n) is 11.5. The van der Waals surface area contributed by atoms with E-state index < -0.39 is 0 Å². The van der Waals surface area contributed by atoms with Crippen molar-refractivity contribution in [3.05, 3.63) is 18.7 Å². The SMILES string of the molecule is CC1CCC(CNc2nc(N)nc(-n3ccnc3)n2)C1. The summed E-state index contributed by atoms with van der Waals surface area (Å²) in [7, 11) is 0. The second-order valence-electron chi connectivity index (χ2n) is 5.45. The van der Waals surface area contributed by atoms with Gasteiger partial charge in [0.25, 0.3) is 0 Å². The molecule has 0 aliphatic heterocycles. The molecule has 0 amide bonds. The highest BCUT2D eigenvalue weighted by molar-refractivity contribution is 5.35. The molecule has 2 unspecified atom stereocenters. The van der Waals surface area contributed by atoms with Gasteiger partial charge in [0, 0.05) is 18.9 Å². The number of nitrogens with two attached hydrogens (primary N) is 1. The lowest BCUT2D eigenvalue weighted by Crippen LogP contribution is -2.16. The maximum absolute atomic E-state index is 5.74. The molecule has 0 saturated heterocycles. The highest BCUT2D eigenvalue weighted by Crippen LogP contribution is 2.30. The van der Waals surface area contributed by atoms with Crippen LogP contribution in [0.15, 0.2) is 18.7 Å². The normalized spacial score (nSPS) is 22.1. The van der Waals surface area contributed by atoms with Gasteiger partial charge in [-0.25, -0.2) is 4.98 Å². The van der Waals surface area contributed by atoms with E-state index in [1.807, 2.05) is 0 Å². The van der Waals surface area contributed by atoms with Crippen molar-refractivity contribution < 1.29 is 0 Å². The quantitative estimate of drug-likeness (QED) is 0.876. The van der Waals surface area contributed by atoms with E-state index in [1.54, 1.807) is 23.3 Å². The molecular weight excluding hydrogens is 254 g/mol. The highest BCUT2D eigenvalue weighted by atomic mass is 15.3. The van der Waals surface area contributed by atoms with Gasteiger partial charge in [-0.3, -0.25) is 4.57 Å². The number of hydrogen-bond acceptors (Lipinski definition) is 6. The standard InChI is InChI=1S/C13H19N7/c1-9-2-3-10(6-9)7-16-12-17-11(14)18-13(19-12)20-5-4-15-8-20/h4-5,8-10H,2-3,6-7H2,1H3,(H3,14,16,17,18,19). The van der Waals surface area contributed by atoms with Crippen LogP contribution in [0.4, 0.5) is 11.9 Å². The zero-order chi connectivity index (χ0) is 13.9. The van der Waals surface area contributed by atoms with Crippen LogP contribution in [0.5, 0.6) is 0 Å². The van der Waals surface area contributed by atoms with Crippen LogP contribution in [0.25, 0.3) is 5.95 Å². The summed E-state index contributed by atoms with van der Waals surface area (Å²) in [5.74, 6) is 2.75. The van der Waals surface area contributed by atoms with Crippen LogP contribution >= 0.6 is 0 Å². The lowest BCUT2D eigenvalue weighted by Gasteiger charge is -2.11. The average Bonchev–Trinajstić information content (AvgIpc) is 3.07. The number of hydrogen-bond donors (Lipinski definition) is 2. The summed E-state index contributed by atoms with van der Waals surface area (Å²) in [5, 5.41) is 3.27. The number of imidazole rings is 1. The van der Waals surface area contributed by atoms with Crippen LogP contribution in [0, 0.1) is 11.8 Å². The molecule has 0 radical (unpaired) electrons. The number of anilines is 2. The molecule has 20 heavy (non-hydrogen) atoms.